The molecule has 1 aromatic rings. The third-order valence-corrected chi connectivity index (χ3v) is 4.79. The molecule has 1 N–H and O–H groups in total. The summed E-state index contributed by atoms with van der Waals surface area (Å²) < 4.78 is 1.22. The van der Waals surface area contributed by atoms with E-state index in [0.717, 1.165) is 19.4 Å². The molecule has 1 aliphatic rings. The average molecular weight is 304 g/mol. The first kappa shape index (κ1) is 12.6. The first-order valence-electron chi connectivity index (χ1n) is 5.88. The van der Waals surface area contributed by atoms with Crippen LogP contribution in [0.25, 0.3) is 0 Å². The van der Waals surface area contributed by atoms with Crippen molar-refractivity contribution in [3.8, 4) is 0 Å². The fourth-order valence-corrected chi connectivity index (χ4v) is 3.90. The fourth-order valence-electron chi connectivity index (χ4n) is 2.39. The summed E-state index contributed by atoms with van der Waals surface area (Å²) in [6, 6.07) is 5.02. The van der Waals surface area contributed by atoms with E-state index in [1.807, 2.05) is 11.3 Å². The minimum Gasteiger partial charge on any atom is -0.396 e. The minimum atomic E-state index is 0.328. The Labute approximate surface area is 109 Å². The van der Waals surface area contributed by atoms with E-state index >= 15 is 0 Å². The molecule has 1 fully saturated rings. The molecule has 1 aromatic heterocycles. The molecule has 0 spiro atoms. The monoisotopic (exact) mass is 303 g/mol. The predicted molar refractivity (Wildman–Crippen MR) is 71.8 cm³/mol. The number of thiophene rings is 1. The number of aliphatic hydroxyl groups excluding tert-OH is 1. The Morgan fingerprint density at radius 1 is 1.50 bits per heavy atom. The van der Waals surface area contributed by atoms with Gasteiger partial charge >= 0.3 is 0 Å². The minimum absolute atomic E-state index is 0.328. The zero-order valence-corrected chi connectivity index (χ0v) is 11.8. The van der Waals surface area contributed by atoms with Crippen LogP contribution in [0.4, 0.5) is 0 Å². The van der Waals surface area contributed by atoms with Crippen LogP contribution in [0.1, 0.15) is 30.6 Å². The van der Waals surface area contributed by atoms with Crippen LogP contribution in [0.5, 0.6) is 0 Å². The molecule has 0 bridgehead atoms. The van der Waals surface area contributed by atoms with Crippen LogP contribution in [0.3, 0.4) is 0 Å². The highest BCUT2D eigenvalue weighted by atomic mass is 79.9. The van der Waals surface area contributed by atoms with Crippen molar-refractivity contribution in [2.45, 2.75) is 38.3 Å². The summed E-state index contributed by atoms with van der Waals surface area (Å²) in [5.41, 5.74) is 0. The molecule has 1 atom stereocenters. The first-order valence-corrected chi connectivity index (χ1v) is 7.49. The van der Waals surface area contributed by atoms with E-state index < -0.39 is 0 Å². The molecule has 1 unspecified atom stereocenters. The van der Waals surface area contributed by atoms with Gasteiger partial charge in [-0.25, -0.2) is 0 Å². The molecule has 2 nitrogen and oxygen atoms in total. The number of rotatable bonds is 5. The van der Waals surface area contributed by atoms with Gasteiger partial charge in [-0.05, 0) is 60.3 Å². The maximum Gasteiger partial charge on any atom is 0.0701 e. The summed E-state index contributed by atoms with van der Waals surface area (Å²) in [5, 5.41) is 8.88. The van der Waals surface area contributed by atoms with Crippen LogP contribution in [-0.2, 0) is 6.54 Å². The molecule has 0 amide bonds. The summed E-state index contributed by atoms with van der Waals surface area (Å²) in [7, 11) is 0. The van der Waals surface area contributed by atoms with Gasteiger partial charge in [0.1, 0.15) is 0 Å². The Bertz CT molecular complexity index is 329. The molecule has 90 valence electrons. The summed E-state index contributed by atoms with van der Waals surface area (Å²) in [4.78, 5) is 4.00. The van der Waals surface area contributed by atoms with Crippen molar-refractivity contribution < 1.29 is 5.11 Å². The van der Waals surface area contributed by atoms with Gasteiger partial charge in [0.2, 0.25) is 0 Å². The Morgan fingerprint density at radius 2 is 2.38 bits per heavy atom. The Morgan fingerprint density at radius 3 is 3.06 bits per heavy atom. The van der Waals surface area contributed by atoms with Gasteiger partial charge in [-0.1, -0.05) is 0 Å². The van der Waals surface area contributed by atoms with Crippen molar-refractivity contribution in [3.05, 3.63) is 20.8 Å². The average Bonchev–Trinajstić information content (AvgIpc) is 2.86. The number of halogens is 1. The number of likely N-dealkylation sites (tertiary alicyclic amines) is 1. The van der Waals surface area contributed by atoms with Gasteiger partial charge < -0.3 is 5.11 Å². The van der Waals surface area contributed by atoms with Crippen molar-refractivity contribution >= 4 is 27.3 Å². The van der Waals surface area contributed by atoms with Crippen molar-refractivity contribution in [2.24, 2.45) is 0 Å². The lowest BCUT2D eigenvalue weighted by Gasteiger charge is -2.23. The van der Waals surface area contributed by atoms with Gasteiger partial charge in [0, 0.05) is 24.1 Å². The summed E-state index contributed by atoms with van der Waals surface area (Å²) >= 11 is 5.33. The van der Waals surface area contributed by atoms with Gasteiger partial charge in [-0.3, -0.25) is 4.90 Å². The largest absolute Gasteiger partial charge is 0.396 e. The highest BCUT2D eigenvalue weighted by molar-refractivity contribution is 9.11. The maximum atomic E-state index is 8.88. The van der Waals surface area contributed by atoms with Crippen LogP contribution in [-0.4, -0.2) is 29.2 Å². The van der Waals surface area contributed by atoms with E-state index in [1.54, 1.807) is 0 Å². The van der Waals surface area contributed by atoms with E-state index in [0.29, 0.717) is 12.6 Å². The molecule has 1 aliphatic heterocycles. The van der Waals surface area contributed by atoms with Crippen LogP contribution in [0, 0.1) is 0 Å². The molecule has 0 saturated carbocycles. The standard InChI is InChI=1S/C12H18BrNOS/c13-12-6-5-11(16-12)9-14-7-1-3-10(14)4-2-8-15/h5-6,10,15H,1-4,7-9H2. The van der Waals surface area contributed by atoms with E-state index in [4.69, 9.17) is 5.11 Å². The molecule has 0 radical (unpaired) electrons. The molecular formula is C12H18BrNOS. The maximum absolute atomic E-state index is 8.88. The van der Waals surface area contributed by atoms with E-state index in [1.165, 1.54) is 28.0 Å². The lowest BCUT2D eigenvalue weighted by Crippen LogP contribution is -2.28. The van der Waals surface area contributed by atoms with Crippen molar-refractivity contribution in [2.75, 3.05) is 13.2 Å². The summed E-state index contributed by atoms with van der Waals surface area (Å²) in [5.74, 6) is 0. The van der Waals surface area contributed by atoms with Gasteiger partial charge in [0.15, 0.2) is 0 Å². The molecular weight excluding hydrogens is 286 g/mol. The highest BCUT2D eigenvalue weighted by Gasteiger charge is 2.24. The molecule has 1 saturated heterocycles. The van der Waals surface area contributed by atoms with E-state index in [9.17, 15) is 0 Å². The second-order valence-corrected chi connectivity index (χ2v) is 6.89. The van der Waals surface area contributed by atoms with Crippen LogP contribution >= 0.6 is 27.3 Å². The summed E-state index contributed by atoms with van der Waals surface area (Å²) in [6.07, 6.45) is 4.69. The van der Waals surface area contributed by atoms with Gasteiger partial charge in [0.05, 0.1) is 3.79 Å². The third kappa shape index (κ3) is 3.29. The zero-order chi connectivity index (χ0) is 11.4. The fraction of sp³-hybridized carbons (Fsp3) is 0.667. The van der Waals surface area contributed by atoms with Crippen LogP contribution in [0.15, 0.2) is 15.9 Å². The third-order valence-electron chi connectivity index (χ3n) is 3.18. The Balaban J connectivity index is 1.88. The zero-order valence-electron chi connectivity index (χ0n) is 9.36. The molecule has 0 aliphatic carbocycles. The Kier molecular flexibility index (Phi) is 4.82. The SMILES string of the molecule is OCCCC1CCCN1Cc1ccc(Br)s1. The molecule has 0 aromatic carbocycles. The topological polar surface area (TPSA) is 23.5 Å². The lowest BCUT2D eigenvalue weighted by molar-refractivity contribution is 0.211. The molecule has 2 rings (SSSR count). The smallest absolute Gasteiger partial charge is 0.0701 e. The normalized spacial score (nSPS) is 21.8. The Hall–Kier alpha value is 0.1000. The number of hydrogen-bond acceptors (Lipinski definition) is 3. The lowest BCUT2D eigenvalue weighted by atomic mass is 10.1. The highest BCUT2D eigenvalue weighted by Crippen LogP contribution is 2.28. The second-order valence-electron chi connectivity index (χ2n) is 4.34. The number of aliphatic hydroxyl groups is 1. The van der Waals surface area contributed by atoms with Gasteiger partial charge in [-0.2, -0.15) is 0 Å². The second kappa shape index (κ2) is 6.15. The first-order chi connectivity index (χ1) is 7.79. The number of nitrogens with zero attached hydrogens (tertiary/aromatic N) is 1. The van der Waals surface area contributed by atoms with E-state index in [-0.39, 0.29) is 0 Å². The molecule has 4 heteroatoms. The van der Waals surface area contributed by atoms with E-state index in [2.05, 4.69) is 33.0 Å². The summed E-state index contributed by atoms with van der Waals surface area (Å²) in [6.45, 7) is 2.62. The van der Waals surface area contributed by atoms with Crippen LogP contribution in [0.2, 0.25) is 0 Å². The quantitative estimate of drug-likeness (QED) is 0.902. The predicted octanol–water partition coefficient (Wildman–Crippen LogP) is 3.25. The molecule has 16 heavy (non-hydrogen) atoms. The van der Waals surface area contributed by atoms with Gasteiger partial charge in [-0.15, -0.1) is 11.3 Å². The van der Waals surface area contributed by atoms with Crippen LogP contribution < -0.4 is 0 Å². The van der Waals surface area contributed by atoms with Crippen molar-refractivity contribution in [1.82, 2.24) is 4.90 Å². The number of hydrogen-bond donors (Lipinski definition) is 1. The van der Waals surface area contributed by atoms with Crippen molar-refractivity contribution in [3.63, 3.8) is 0 Å². The molecule has 2 heterocycles. The van der Waals surface area contributed by atoms with Crippen molar-refractivity contribution in [1.29, 1.82) is 0 Å². The van der Waals surface area contributed by atoms with Gasteiger partial charge in [0.25, 0.3) is 0 Å².